The van der Waals surface area contributed by atoms with Crippen molar-refractivity contribution in [3.05, 3.63) is 60.8 Å². The minimum atomic E-state index is -0.781. The minimum absolute atomic E-state index is 0.0782. The predicted octanol–water partition coefficient (Wildman–Crippen LogP) is 19.6. The number of carbonyl (C=O) groups excluding carboxylic acids is 3. The van der Waals surface area contributed by atoms with Gasteiger partial charge in [-0.3, -0.25) is 14.4 Å². The van der Waals surface area contributed by atoms with Crippen molar-refractivity contribution in [1.82, 2.24) is 0 Å². The Hall–Kier alpha value is -2.89. The lowest BCUT2D eigenvalue weighted by Crippen LogP contribution is -2.30. The van der Waals surface area contributed by atoms with Gasteiger partial charge in [-0.25, -0.2) is 0 Å². The van der Waals surface area contributed by atoms with E-state index in [1.165, 1.54) is 161 Å². The number of carbonyl (C=O) groups is 3. The summed E-state index contributed by atoms with van der Waals surface area (Å²) in [4.78, 5) is 38.2. The van der Waals surface area contributed by atoms with Crippen LogP contribution in [0.1, 0.15) is 297 Å². The first-order valence-electron chi connectivity index (χ1n) is 29.3. The lowest BCUT2D eigenvalue weighted by molar-refractivity contribution is -0.167. The molecular formula is C62H110O6. The van der Waals surface area contributed by atoms with Gasteiger partial charge in [0.15, 0.2) is 6.10 Å². The summed E-state index contributed by atoms with van der Waals surface area (Å²) in [5.41, 5.74) is 0. The van der Waals surface area contributed by atoms with Crippen molar-refractivity contribution < 1.29 is 28.6 Å². The number of ether oxygens (including phenoxy) is 3. The summed E-state index contributed by atoms with van der Waals surface area (Å²) in [7, 11) is 0. The van der Waals surface area contributed by atoms with Gasteiger partial charge in [0, 0.05) is 19.3 Å². The van der Waals surface area contributed by atoms with E-state index in [1.807, 2.05) is 0 Å². The van der Waals surface area contributed by atoms with Crippen molar-refractivity contribution in [3.8, 4) is 0 Å². The quantitative estimate of drug-likeness (QED) is 0.0262. The number of rotatable bonds is 53. The summed E-state index contributed by atoms with van der Waals surface area (Å²) in [5, 5.41) is 0. The third-order valence-electron chi connectivity index (χ3n) is 12.8. The van der Waals surface area contributed by atoms with Crippen LogP contribution in [0.15, 0.2) is 60.8 Å². The van der Waals surface area contributed by atoms with Gasteiger partial charge in [-0.2, -0.15) is 0 Å². The highest BCUT2D eigenvalue weighted by Gasteiger charge is 2.19. The molecule has 0 amide bonds. The molecule has 68 heavy (non-hydrogen) atoms. The van der Waals surface area contributed by atoms with Gasteiger partial charge >= 0.3 is 17.9 Å². The van der Waals surface area contributed by atoms with Crippen molar-refractivity contribution in [1.29, 1.82) is 0 Å². The van der Waals surface area contributed by atoms with Crippen LogP contribution in [0.5, 0.6) is 0 Å². The molecule has 0 aromatic rings. The predicted molar refractivity (Wildman–Crippen MR) is 293 cm³/mol. The molecule has 0 saturated carbocycles. The lowest BCUT2D eigenvalue weighted by atomic mass is 10.0. The zero-order valence-electron chi connectivity index (χ0n) is 45.1. The Balaban J connectivity index is 4.38. The molecule has 0 spiro atoms. The van der Waals surface area contributed by atoms with Gasteiger partial charge in [0.05, 0.1) is 0 Å². The summed E-state index contributed by atoms with van der Waals surface area (Å²) in [6, 6.07) is 0. The molecule has 0 aromatic carbocycles. The molecule has 0 bridgehead atoms. The minimum Gasteiger partial charge on any atom is -0.462 e. The Morgan fingerprint density at radius 3 is 0.912 bits per heavy atom. The Morgan fingerprint density at radius 2 is 0.574 bits per heavy atom. The van der Waals surface area contributed by atoms with Crippen LogP contribution in [0, 0.1) is 0 Å². The number of hydrogen-bond donors (Lipinski definition) is 0. The van der Waals surface area contributed by atoms with E-state index in [0.29, 0.717) is 19.3 Å². The van der Waals surface area contributed by atoms with Gasteiger partial charge in [0.2, 0.25) is 0 Å². The molecule has 6 nitrogen and oxygen atoms in total. The van der Waals surface area contributed by atoms with Crippen LogP contribution in [-0.2, 0) is 28.6 Å². The molecular weight excluding hydrogens is 841 g/mol. The number of unbranched alkanes of at least 4 members (excludes halogenated alkanes) is 32. The van der Waals surface area contributed by atoms with E-state index in [-0.39, 0.29) is 31.1 Å². The van der Waals surface area contributed by atoms with Gasteiger partial charge in [0.25, 0.3) is 0 Å². The third-order valence-corrected chi connectivity index (χ3v) is 12.8. The normalized spacial score (nSPS) is 12.5. The number of allylic oxidation sites excluding steroid dienone is 10. The Morgan fingerprint density at radius 1 is 0.309 bits per heavy atom. The highest BCUT2D eigenvalue weighted by molar-refractivity contribution is 5.71. The van der Waals surface area contributed by atoms with Crippen molar-refractivity contribution >= 4 is 17.9 Å². The molecule has 0 radical (unpaired) electrons. The smallest absolute Gasteiger partial charge is 0.306 e. The van der Waals surface area contributed by atoms with Gasteiger partial charge < -0.3 is 14.2 Å². The first-order valence-corrected chi connectivity index (χ1v) is 29.3. The summed E-state index contributed by atoms with van der Waals surface area (Å²) < 4.78 is 16.9. The SMILES string of the molecule is CC/C=C\C/C=C\C/C=C\CCCCCCCCCC(=O)OC(COC(=O)CCCCCCCCC/C=C\C/C=C\CCCCCC)COC(=O)CCCCCCCCCCCCCCCCC. The van der Waals surface area contributed by atoms with E-state index in [2.05, 4.69) is 81.5 Å². The fraction of sp³-hybridized carbons (Fsp3) is 0.790. The fourth-order valence-corrected chi connectivity index (χ4v) is 8.37. The topological polar surface area (TPSA) is 78.9 Å². The first kappa shape index (κ1) is 65.1. The van der Waals surface area contributed by atoms with Gasteiger partial charge in [-0.1, -0.05) is 255 Å². The summed E-state index contributed by atoms with van der Waals surface area (Å²) in [6.07, 6.45) is 70.6. The standard InChI is InChI=1S/C62H110O6/c1-4-7-10-13-16-19-22-25-28-30-32-34-37-40-43-46-49-52-55-61(64)67-58-59(57-66-60(63)54-51-48-45-42-39-36-33-27-24-21-18-15-12-9-6-3)68-62(65)56-53-50-47-44-41-38-35-31-29-26-23-20-17-14-11-8-5-2/h8,11,17,19-20,22,26,28-30,59H,4-7,9-10,12-16,18,21,23-25,27,31-58H2,1-3H3/b11-8-,20-17-,22-19-,29-26-,30-28-. The summed E-state index contributed by atoms with van der Waals surface area (Å²) in [5.74, 6) is -0.883. The highest BCUT2D eigenvalue weighted by atomic mass is 16.6. The van der Waals surface area contributed by atoms with E-state index in [1.54, 1.807) is 0 Å². The van der Waals surface area contributed by atoms with Crippen molar-refractivity contribution in [2.45, 2.75) is 303 Å². The maximum Gasteiger partial charge on any atom is 0.306 e. The summed E-state index contributed by atoms with van der Waals surface area (Å²) in [6.45, 7) is 6.53. The van der Waals surface area contributed by atoms with Crippen LogP contribution < -0.4 is 0 Å². The van der Waals surface area contributed by atoms with Crippen LogP contribution >= 0.6 is 0 Å². The van der Waals surface area contributed by atoms with Crippen LogP contribution in [0.3, 0.4) is 0 Å². The van der Waals surface area contributed by atoms with E-state index >= 15 is 0 Å². The zero-order chi connectivity index (χ0) is 49.3. The first-order chi connectivity index (χ1) is 33.5. The highest BCUT2D eigenvalue weighted by Crippen LogP contribution is 2.16. The second-order valence-corrected chi connectivity index (χ2v) is 19.5. The molecule has 6 heteroatoms. The summed E-state index contributed by atoms with van der Waals surface area (Å²) >= 11 is 0. The van der Waals surface area contributed by atoms with Gasteiger partial charge in [0.1, 0.15) is 13.2 Å². The molecule has 1 atom stereocenters. The van der Waals surface area contributed by atoms with E-state index < -0.39 is 6.10 Å². The van der Waals surface area contributed by atoms with Crippen LogP contribution in [0.2, 0.25) is 0 Å². The molecule has 0 aliphatic heterocycles. The van der Waals surface area contributed by atoms with E-state index in [0.717, 1.165) is 96.3 Å². The van der Waals surface area contributed by atoms with Crippen LogP contribution in [0.25, 0.3) is 0 Å². The van der Waals surface area contributed by atoms with Crippen LogP contribution in [-0.4, -0.2) is 37.2 Å². The average molecular weight is 952 g/mol. The Kier molecular flexibility index (Phi) is 54.3. The second-order valence-electron chi connectivity index (χ2n) is 19.5. The zero-order valence-corrected chi connectivity index (χ0v) is 45.1. The second kappa shape index (κ2) is 56.7. The largest absolute Gasteiger partial charge is 0.462 e. The molecule has 0 saturated heterocycles. The molecule has 394 valence electrons. The molecule has 0 rings (SSSR count). The molecule has 0 fully saturated rings. The van der Waals surface area contributed by atoms with Crippen molar-refractivity contribution in [3.63, 3.8) is 0 Å². The molecule has 0 aliphatic carbocycles. The molecule has 1 unspecified atom stereocenters. The lowest BCUT2D eigenvalue weighted by Gasteiger charge is -2.18. The molecule has 0 aliphatic rings. The maximum absolute atomic E-state index is 12.9. The van der Waals surface area contributed by atoms with Gasteiger partial charge in [-0.05, 0) is 83.5 Å². The van der Waals surface area contributed by atoms with E-state index in [9.17, 15) is 14.4 Å². The number of esters is 3. The third kappa shape index (κ3) is 54.1. The molecule has 0 heterocycles. The maximum atomic E-state index is 12.9. The number of hydrogen-bond acceptors (Lipinski definition) is 6. The van der Waals surface area contributed by atoms with Crippen molar-refractivity contribution in [2.75, 3.05) is 13.2 Å². The Labute approximate surface area is 421 Å². The monoisotopic (exact) mass is 951 g/mol. The van der Waals surface area contributed by atoms with Crippen LogP contribution in [0.4, 0.5) is 0 Å². The average Bonchev–Trinajstić information content (AvgIpc) is 3.34. The van der Waals surface area contributed by atoms with Crippen molar-refractivity contribution in [2.24, 2.45) is 0 Å². The molecule has 0 aromatic heterocycles. The fourth-order valence-electron chi connectivity index (χ4n) is 8.37. The van der Waals surface area contributed by atoms with E-state index in [4.69, 9.17) is 14.2 Å². The Bertz CT molecular complexity index is 1230. The molecule has 0 N–H and O–H groups in total. The van der Waals surface area contributed by atoms with Gasteiger partial charge in [-0.15, -0.1) is 0 Å².